The Morgan fingerprint density at radius 3 is 1.17 bits per heavy atom. The zero-order valence-corrected chi connectivity index (χ0v) is 37.0. The van der Waals surface area contributed by atoms with Crippen LogP contribution in [0.3, 0.4) is 0 Å². The molecule has 2 fully saturated rings. The highest BCUT2D eigenvalue weighted by atomic mass is 19.1. The van der Waals surface area contributed by atoms with Crippen LogP contribution in [-0.2, 0) is 30.5 Å². The number of ether oxygens (including phenoxy) is 8. The van der Waals surface area contributed by atoms with Crippen LogP contribution in [0.25, 0.3) is 4.85 Å². The Kier molecular flexibility index (Phi) is 12.6. The Morgan fingerprint density at radius 2 is 0.800 bits per heavy atom. The first kappa shape index (κ1) is 45.1. The smallest absolute Gasteiger partial charge is 0.228 e. The van der Waals surface area contributed by atoms with Gasteiger partial charge in [-0.05, 0) is 170 Å². The summed E-state index contributed by atoms with van der Waals surface area (Å²) in [5, 5.41) is 9.40. The van der Waals surface area contributed by atoms with Crippen molar-refractivity contribution in [3.05, 3.63) is 244 Å². The van der Waals surface area contributed by atoms with E-state index in [0.717, 1.165) is 22.3 Å². The summed E-state index contributed by atoms with van der Waals surface area (Å²) in [6.07, 6.45) is 0. The van der Waals surface area contributed by atoms with Crippen molar-refractivity contribution in [1.29, 1.82) is 5.26 Å². The molecule has 0 aromatic heterocycles. The van der Waals surface area contributed by atoms with Gasteiger partial charge in [-0.3, -0.25) is 4.79 Å². The van der Waals surface area contributed by atoms with Gasteiger partial charge < -0.3 is 37.9 Å². The highest BCUT2D eigenvalue weighted by molar-refractivity contribution is 6.09. The lowest BCUT2D eigenvalue weighted by Gasteiger charge is -2.28. The largest absolute Gasteiger partial charge is 0.468 e. The van der Waals surface area contributed by atoms with E-state index in [1.54, 1.807) is 97.1 Å². The lowest BCUT2D eigenvalue weighted by molar-refractivity contribution is -0.130. The summed E-state index contributed by atoms with van der Waals surface area (Å²) < 4.78 is 76.4. The second-order valence-electron chi connectivity index (χ2n) is 16.0. The van der Waals surface area contributed by atoms with Crippen LogP contribution < -0.4 is 18.9 Å². The molecule has 0 radical (unpaired) electrons. The molecule has 2 heterocycles. The predicted octanol–water partition coefficient (Wildman–Crippen LogP) is 13.3. The van der Waals surface area contributed by atoms with Gasteiger partial charge >= 0.3 is 0 Å². The predicted molar refractivity (Wildman–Crippen MR) is 252 cm³/mol. The lowest BCUT2D eigenvalue weighted by Crippen LogP contribution is -2.28. The maximum atomic E-state index is 13.9. The van der Waals surface area contributed by atoms with Crippen molar-refractivity contribution in [1.82, 2.24) is 0 Å². The average Bonchev–Trinajstić information content (AvgIpc) is 4.11. The Bertz CT molecular complexity index is 3030. The Morgan fingerprint density at radius 1 is 0.471 bits per heavy atom. The third-order valence-corrected chi connectivity index (χ3v) is 11.6. The van der Waals surface area contributed by atoms with Crippen LogP contribution in [-0.4, -0.2) is 32.2 Å². The fraction of sp³-hybridized carbons (Fsp3) is 0.105. The zero-order chi connectivity index (χ0) is 48.1. The highest BCUT2D eigenvalue weighted by Crippen LogP contribution is 2.43. The number of ketones is 1. The van der Waals surface area contributed by atoms with E-state index in [-0.39, 0.29) is 28.5 Å². The second kappa shape index (κ2) is 19.5. The number of hydrogen-bond acceptors (Lipinski definition) is 10. The van der Waals surface area contributed by atoms with Crippen molar-refractivity contribution in [2.75, 3.05) is 26.4 Å². The third-order valence-electron chi connectivity index (χ3n) is 11.6. The molecule has 13 heteroatoms. The fourth-order valence-electron chi connectivity index (χ4n) is 8.17. The molecule has 8 aromatic rings. The molecule has 70 heavy (non-hydrogen) atoms. The van der Waals surface area contributed by atoms with Crippen molar-refractivity contribution in [3.63, 3.8) is 0 Å². The highest BCUT2D eigenvalue weighted by Gasteiger charge is 2.42. The quantitative estimate of drug-likeness (QED) is 0.0770. The molecule has 0 aliphatic carbocycles. The van der Waals surface area contributed by atoms with Gasteiger partial charge in [-0.15, -0.1) is 0 Å². The molecular weight excluding hydrogens is 895 g/mol. The van der Waals surface area contributed by atoms with E-state index in [2.05, 4.69) is 4.85 Å². The van der Waals surface area contributed by atoms with E-state index < -0.39 is 23.2 Å². The molecule has 2 aliphatic heterocycles. The lowest BCUT2D eigenvalue weighted by atomic mass is 9.97. The number of halogens is 2. The van der Waals surface area contributed by atoms with E-state index >= 15 is 0 Å². The first-order valence-electron chi connectivity index (χ1n) is 22.0. The Labute approximate surface area is 400 Å². The monoisotopic (exact) mass is 932 g/mol. The number of nitriles is 1. The number of carbonyl (C=O) groups is 1. The fourth-order valence-corrected chi connectivity index (χ4v) is 8.17. The van der Waals surface area contributed by atoms with Gasteiger partial charge in [-0.25, -0.2) is 13.6 Å². The van der Waals surface area contributed by atoms with Crippen LogP contribution in [0.5, 0.6) is 46.0 Å². The van der Waals surface area contributed by atoms with Crippen molar-refractivity contribution in [3.8, 4) is 52.1 Å². The normalized spacial score (nSPS) is 14.5. The van der Waals surface area contributed by atoms with Gasteiger partial charge in [0.05, 0.1) is 38.6 Å². The number of nitrogens with zero attached hydrogens (tertiary/aromatic N) is 2. The van der Waals surface area contributed by atoms with Crippen LogP contribution in [0.4, 0.5) is 14.5 Å². The van der Waals surface area contributed by atoms with Gasteiger partial charge in [0.1, 0.15) is 63.7 Å². The summed E-state index contributed by atoms with van der Waals surface area (Å²) in [7, 11) is 0. The van der Waals surface area contributed by atoms with E-state index in [0.29, 0.717) is 72.1 Å². The molecule has 0 atom stereocenters. The van der Waals surface area contributed by atoms with Gasteiger partial charge in [0.15, 0.2) is 5.78 Å². The van der Waals surface area contributed by atoms with Crippen LogP contribution in [0.2, 0.25) is 0 Å². The van der Waals surface area contributed by atoms with Crippen molar-refractivity contribution in [2.24, 2.45) is 0 Å². The molecule has 344 valence electrons. The molecule has 0 bridgehead atoms. The molecule has 10 rings (SSSR count). The van der Waals surface area contributed by atoms with Crippen LogP contribution >= 0.6 is 0 Å². The minimum Gasteiger partial charge on any atom is -0.468 e. The first-order chi connectivity index (χ1) is 34.2. The second-order valence-corrected chi connectivity index (χ2v) is 16.0. The SMILES string of the molecule is [C-]#[N+]c1ccc(F)cc1Oc1ccc(C2(c3ccc(Oc4ccc(C(=O)c5ccc(Oc6ccc(C7(c8ccc(Oc9cc(F)ccc9C#N)cc8)OCCO7)cc6)cc5)cc4)cc3)OCCO2)cc1. The molecule has 2 aliphatic rings. The molecule has 0 unspecified atom stereocenters. The van der Waals surface area contributed by atoms with E-state index in [9.17, 15) is 18.8 Å². The average molecular weight is 933 g/mol. The first-order valence-corrected chi connectivity index (χ1v) is 22.0. The van der Waals surface area contributed by atoms with Crippen molar-refractivity contribution >= 4 is 11.5 Å². The topological polar surface area (TPSA) is 119 Å². The third kappa shape index (κ3) is 9.29. The van der Waals surface area contributed by atoms with Crippen LogP contribution in [0.1, 0.15) is 43.7 Å². The number of hydrogen-bond donors (Lipinski definition) is 0. The summed E-state index contributed by atoms with van der Waals surface area (Å²) in [6.45, 7) is 8.88. The van der Waals surface area contributed by atoms with Gasteiger partial charge in [0, 0.05) is 45.5 Å². The van der Waals surface area contributed by atoms with E-state index in [4.69, 9.17) is 44.5 Å². The number of carbonyl (C=O) groups excluding carboxylic acids is 1. The summed E-state index contributed by atoms with van der Waals surface area (Å²) >= 11 is 0. The molecule has 11 nitrogen and oxygen atoms in total. The standard InChI is InChI=1S/C57H38F2N2O9/c1-61-52-29-16-45(59)35-54(52)70-51-27-13-43(14-28-51)57(65-32-33-66-57)41-9-23-49(24-10-41)68-47-19-5-38(6-20-47)55(62)37-3-17-46(18-4-37)67-48-21-7-40(8-22-48)56(63-30-31-64-56)42-11-25-50(26-12-42)69-53-34-44(58)15-2-39(53)36-60/h2-29,34-35H,30-33H2. The minimum absolute atomic E-state index is 0.118. The summed E-state index contributed by atoms with van der Waals surface area (Å²) in [4.78, 5) is 16.9. The Balaban J connectivity index is 0.749. The number of rotatable bonds is 14. The van der Waals surface area contributed by atoms with E-state index in [1.165, 1.54) is 36.4 Å². The minimum atomic E-state index is -1.18. The maximum Gasteiger partial charge on any atom is 0.228 e. The molecule has 0 amide bonds. The van der Waals surface area contributed by atoms with Crippen LogP contribution in [0.15, 0.2) is 182 Å². The molecule has 0 spiro atoms. The Hall–Kier alpha value is -8.69. The van der Waals surface area contributed by atoms with Gasteiger partial charge in [0.2, 0.25) is 17.3 Å². The molecule has 0 N–H and O–H groups in total. The molecular formula is C57H38F2N2O9. The van der Waals surface area contributed by atoms with Gasteiger partial charge in [-0.1, -0.05) is 0 Å². The molecule has 0 saturated carbocycles. The van der Waals surface area contributed by atoms with Crippen molar-refractivity contribution in [2.45, 2.75) is 11.6 Å². The zero-order valence-electron chi connectivity index (χ0n) is 37.0. The summed E-state index contributed by atoms with van der Waals surface area (Å²) in [5.41, 5.74) is 4.31. The summed E-state index contributed by atoms with van der Waals surface area (Å²) in [5.74, 6) is -0.250. The maximum absolute atomic E-state index is 13.9. The molecule has 2 saturated heterocycles. The molecule has 8 aromatic carbocycles. The van der Waals surface area contributed by atoms with E-state index in [1.807, 2.05) is 54.6 Å². The summed E-state index contributed by atoms with van der Waals surface area (Å²) in [6, 6.07) is 52.0. The van der Waals surface area contributed by atoms with Crippen LogP contribution in [0, 0.1) is 29.5 Å². The van der Waals surface area contributed by atoms with Gasteiger partial charge in [-0.2, -0.15) is 5.26 Å². The van der Waals surface area contributed by atoms with Crippen molar-refractivity contribution < 1.29 is 51.5 Å². The number of benzene rings is 8. The van der Waals surface area contributed by atoms with Gasteiger partial charge in [0.25, 0.3) is 0 Å².